The molecule has 1 unspecified atom stereocenters. The van der Waals surface area contributed by atoms with E-state index < -0.39 is 0 Å². The molecule has 0 radical (unpaired) electrons. The molecule has 1 N–H and O–H groups in total. The second-order valence-corrected chi connectivity index (χ2v) is 5.39. The number of fused-ring (bicyclic) bond motifs is 1. The molecule has 4 heteroatoms. The predicted octanol–water partition coefficient (Wildman–Crippen LogP) is 2.69. The van der Waals surface area contributed by atoms with Crippen LogP contribution in [0, 0.1) is 0 Å². The number of hydrogen-bond acceptors (Lipinski definition) is 3. The van der Waals surface area contributed by atoms with E-state index in [0.29, 0.717) is 6.04 Å². The third-order valence-electron chi connectivity index (χ3n) is 3.28. The molecule has 0 aliphatic carbocycles. The van der Waals surface area contributed by atoms with Crippen molar-refractivity contribution in [3.8, 4) is 0 Å². The molecule has 0 spiro atoms. The van der Waals surface area contributed by atoms with Gasteiger partial charge in [-0.25, -0.2) is 9.97 Å². The first-order valence-electron chi connectivity index (χ1n) is 5.95. The minimum atomic E-state index is 0.576. The highest BCUT2D eigenvalue weighted by Crippen LogP contribution is 2.22. The largest absolute Gasteiger partial charge is 0.314 e. The lowest BCUT2D eigenvalue weighted by Crippen LogP contribution is -2.24. The summed E-state index contributed by atoms with van der Waals surface area (Å²) in [5.41, 5.74) is 2.17. The van der Waals surface area contributed by atoms with E-state index in [9.17, 15) is 0 Å². The molecular weight excluding hydrogens is 278 g/mol. The van der Waals surface area contributed by atoms with E-state index in [4.69, 9.17) is 0 Å². The zero-order valence-electron chi connectivity index (χ0n) is 9.49. The normalized spacial score (nSPS) is 19.9. The van der Waals surface area contributed by atoms with Gasteiger partial charge in [-0.2, -0.15) is 0 Å². The monoisotopic (exact) mass is 291 g/mol. The van der Waals surface area contributed by atoms with E-state index >= 15 is 0 Å². The molecule has 1 saturated heterocycles. The van der Waals surface area contributed by atoms with Crippen LogP contribution in [-0.2, 0) is 6.42 Å². The van der Waals surface area contributed by atoms with Crippen molar-refractivity contribution in [3.63, 3.8) is 0 Å². The number of aromatic nitrogens is 2. The van der Waals surface area contributed by atoms with Gasteiger partial charge in [-0.1, -0.05) is 15.9 Å². The Morgan fingerprint density at radius 2 is 2.29 bits per heavy atom. The van der Waals surface area contributed by atoms with E-state index in [1.165, 1.54) is 12.8 Å². The fourth-order valence-electron chi connectivity index (χ4n) is 2.41. The van der Waals surface area contributed by atoms with Gasteiger partial charge in [0.25, 0.3) is 0 Å². The van der Waals surface area contributed by atoms with Gasteiger partial charge in [-0.3, -0.25) is 0 Å². The Bertz CT molecular complexity index is 535. The maximum absolute atomic E-state index is 4.44. The summed E-state index contributed by atoms with van der Waals surface area (Å²) in [6.45, 7) is 1.14. The molecule has 3 nitrogen and oxygen atoms in total. The molecule has 1 aliphatic rings. The molecule has 1 aromatic carbocycles. The van der Waals surface area contributed by atoms with Crippen molar-refractivity contribution >= 4 is 26.8 Å². The Hall–Kier alpha value is -1.00. The summed E-state index contributed by atoms with van der Waals surface area (Å²) >= 11 is 3.51. The fraction of sp³-hybridized carbons (Fsp3) is 0.385. The molecule has 1 aromatic heterocycles. The van der Waals surface area contributed by atoms with Gasteiger partial charge in [-0.15, -0.1) is 0 Å². The smallest absolute Gasteiger partial charge is 0.116 e. The van der Waals surface area contributed by atoms with Crippen LogP contribution < -0.4 is 5.32 Å². The minimum absolute atomic E-state index is 0.576. The number of halogens is 1. The van der Waals surface area contributed by atoms with Crippen molar-refractivity contribution in [2.45, 2.75) is 25.3 Å². The average molecular weight is 292 g/mol. The molecule has 17 heavy (non-hydrogen) atoms. The zero-order chi connectivity index (χ0) is 11.7. The number of benzene rings is 1. The Kier molecular flexibility index (Phi) is 3.07. The Morgan fingerprint density at radius 1 is 1.35 bits per heavy atom. The Labute approximate surface area is 109 Å². The van der Waals surface area contributed by atoms with Gasteiger partial charge in [-0.05, 0) is 37.6 Å². The van der Waals surface area contributed by atoms with Gasteiger partial charge < -0.3 is 5.32 Å². The van der Waals surface area contributed by atoms with Crippen molar-refractivity contribution in [2.75, 3.05) is 6.54 Å². The summed E-state index contributed by atoms with van der Waals surface area (Å²) in [5.74, 6) is 0. The predicted molar refractivity (Wildman–Crippen MR) is 72.0 cm³/mol. The minimum Gasteiger partial charge on any atom is -0.314 e. The molecule has 3 rings (SSSR count). The molecule has 1 fully saturated rings. The highest BCUT2D eigenvalue weighted by atomic mass is 79.9. The van der Waals surface area contributed by atoms with Crippen LogP contribution in [0.25, 0.3) is 10.9 Å². The standard InChI is InChI=1S/C13H14BrN3/c14-9-3-4-12-11(6-9)13(17-8-16-12)7-10-2-1-5-15-10/h3-4,6,8,10,15H,1-2,5,7H2. The molecule has 1 atom stereocenters. The van der Waals surface area contributed by atoms with Crippen LogP contribution >= 0.6 is 15.9 Å². The number of rotatable bonds is 2. The molecule has 0 amide bonds. The fourth-order valence-corrected chi connectivity index (χ4v) is 2.77. The van der Waals surface area contributed by atoms with E-state index in [2.05, 4.69) is 37.3 Å². The highest BCUT2D eigenvalue weighted by molar-refractivity contribution is 9.10. The molecule has 2 aromatic rings. The molecule has 0 bridgehead atoms. The third-order valence-corrected chi connectivity index (χ3v) is 3.78. The topological polar surface area (TPSA) is 37.8 Å². The van der Waals surface area contributed by atoms with E-state index in [1.807, 2.05) is 12.1 Å². The van der Waals surface area contributed by atoms with Crippen LogP contribution in [0.3, 0.4) is 0 Å². The first-order valence-corrected chi connectivity index (χ1v) is 6.75. The molecule has 2 heterocycles. The van der Waals surface area contributed by atoms with Crippen molar-refractivity contribution in [1.82, 2.24) is 15.3 Å². The number of nitrogens with zero attached hydrogens (tertiary/aromatic N) is 2. The van der Waals surface area contributed by atoms with Crippen LogP contribution in [-0.4, -0.2) is 22.6 Å². The number of hydrogen-bond donors (Lipinski definition) is 1. The zero-order valence-corrected chi connectivity index (χ0v) is 11.1. The first kappa shape index (κ1) is 11.1. The third kappa shape index (κ3) is 2.33. The molecule has 0 saturated carbocycles. The maximum atomic E-state index is 4.44. The van der Waals surface area contributed by atoms with Crippen LogP contribution in [0.5, 0.6) is 0 Å². The highest BCUT2D eigenvalue weighted by Gasteiger charge is 2.16. The summed E-state index contributed by atoms with van der Waals surface area (Å²) in [5, 5.41) is 4.67. The second-order valence-electron chi connectivity index (χ2n) is 4.48. The lowest BCUT2D eigenvalue weighted by molar-refractivity contribution is 0.597. The van der Waals surface area contributed by atoms with Crippen molar-refractivity contribution in [2.24, 2.45) is 0 Å². The van der Waals surface area contributed by atoms with Crippen LogP contribution in [0.1, 0.15) is 18.5 Å². The van der Waals surface area contributed by atoms with Gasteiger partial charge in [0, 0.05) is 22.3 Å². The lowest BCUT2D eigenvalue weighted by atomic mass is 10.1. The molecular formula is C13H14BrN3. The van der Waals surface area contributed by atoms with E-state index in [0.717, 1.165) is 34.0 Å². The van der Waals surface area contributed by atoms with Gasteiger partial charge >= 0.3 is 0 Å². The quantitative estimate of drug-likeness (QED) is 0.924. The van der Waals surface area contributed by atoms with Gasteiger partial charge in [0.2, 0.25) is 0 Å². The van der Waals surface area contributed by atoms with Gasteiger partial charge in [0.1, 0.15) is 6.33 Å². The molecule has 1 aliphatic heterocycles. The van der Waals surface area contributed by atoms with Crippen molar-refractivity contribution < 1.29 is 0 Å². The average Bonchev–Trinajstić information content (AvgIpc) is 2.83. The second kappa shape index (κ2) is 4.70. The van der Waals surface area contributed by atoms with Crippen molar-refractivity contribution in [1.29, 1.82) is 0 Å². The summed E-state index contributed by atoms with van der Waals surface area (Å²) in [6.07, 6.45) is 5.19. The van der Waals surface area contributed by atoms with Crippen LogP contribution in [0.2, 0.25) is 0 Å². The van der Waals surface area contributed by atoms with Crippen LogP contribution in [0.4, 0.5) is 0 Å². The summed E-state index contributed by atoms with van der Waals surface area (Å²) in [7, 11) is 0. The Balaban J connectivity index is 1.99. The Morgan fingerprint density at radius 3 is 3.12 bits per heavy atom. The summed E-state index contributed by atoms with van der Waals surface area (Å²) < 4.78 is 1.08. The van der Waals surface area contributed by atoms with E-state index in [1.54, 1.807) is 6.33 Å². The summed E-state index contributed by atoms with van der Waals surface area (Å²) in [6, 6.07) is 6.74. The lowest BCUT2D eigenvalue weighted by Gasteiger charge is -2.11. The SMILES string of the molecule is Brc1ccc2ncnc(CC3CCCN3)c2c1. The molecule has 88 valence electrons. The van der Waals surface area contributed by atoms with Crippen molar-refractivity contribution in [3.05, 3.63) is 34.7 Å². The van der Waals surface area contributed by atoms with Gasteiger partial charge in [0.05, 0.1) is 11.2 Å². The first-order chi connectivity index (χ1) is 8.33. The summed E-state index contributed by atoms with van der Waals surface area (Å²) in [4.78, 5) is 8.74. The van der Waals surface area contributed by atoms with E-state index in [-0.39, 0.29) is 0 Å². The number of nitrogens with one attached hydrogen (secondary N) is 1. The van der Waals surface area contributed by atoms with Gasteiger partial charge in [0.15, 0.2) is 0 Å². The maximum Gasteiger partial charge on any atom is 0.116 e. The van der Waals surface area contributed by atoms with Crippen LogP contribution in [0.15, 0.2) is 29.0 Å².